The first-order valence-corrected chi connectivity index (χ1v) is 7.92. The van der Waals surface area contributed by atoms with Crippen molar-refractivity contribution in [2.45, 2.75) is 24.4 Å². The lowest BCUT2D eigenvalue weighted by molar-refractivity contribution is -0.137. The number of fused-ring (bicyclic) bond motifs is 2. The summed E-state index contributed by atoms with van der Waals surface area (Å²) in [5.41, 5.74) is 1.87. The summed E-state index contributed by atoms with van der Waals surface area (Å²) in [4.78, 5) is 14.0. The van der Waals surface area contributed by atoms with E-state index in [1.54, 1.807) is 18.0 Å². The van der Waals surface area contributed by atoms with Crippen molar-refractivity contribution in [2.75, 3.05) is 11.9 Å². The number of hydrogen-bond donors (Lipinski definition) is 0. The Labute approximate surface area is 141 Å². The molecule has 1 fully saturated rings. The molecule has 2 aliphatic rings. The molecule has 0 bridgehead atoms. The highest BCUT2D eigenvalue weighted by atomic mass is 35.5. The molecule has 1 amide bonds. The summed E-state index contributed by atoms with van der Waals surface area (Å²) in [5, 5.41) is 0.0484. The van der Waals surface area contributed by atoms with E-state index in [0.29, 0.717) is 5.56 Å². The molecule has 1 saturated carbocycles. The summed E-state index contributed by atoms with van der Waals surface area (Å²) in [7, 11) is 1.75. The Hall–Kier alpha value is -2.01. The zero-order valence-corrected chi connectivity index (χ0v) is 13.5. The van der Waals surface area contributed by atoms with E-state index in [-0.39, 0.29) is 10.9 Å². The Morgan fingerprint density at radius 1 is 1.12 bits per heavy atom. The quantitative estimate of drug-likeness (QED) is 0.705. The zero-order valence-electron chi connectivity index (χ0n) is 12.7. The first-order valence-electron chi connectivity index (χ1n) is 7.54. The van der Waals surface area contributed by atoms with Crippen LogP contribution in [0.4, 0.5) is 18.9 Å². The predicted octanol–water partition coefficient (Wildman–Crippen LogP) is 5.03. The first-order chi connectivity index (χ1) is 11.2. The number of benzene rings is 2. The van der Waals surface area contributed by atoms with Gasteiger partial charge in [0.2, 0.25) is 5.91 Å². The van der Waals surface area contributed by atoms with Crippen LogP contribution in [0.3, 0.4) is 0 Å². The molecule has 0 aromatic heterocycles. The second kappa shape index (κ2) is 4.76. The van der Waals surface area contributed by atoms with E-state index >= 15 is 0 Å². The molecule has 6 heteroatoms. The smallest absolute Gasteiger partial charge is 0.314 e. The van der Waals surface area contributed by atoms with E-state index in [0.717, 1.165) is 41.8 Å². The summed E-state index contributed by atoms with van der Waals surface area (Å²) in [6, 6.07) is 8.86. The normalized spacial score (nSPS) is 18.2. The fraction of sp³-hybridized carbons (Fsp3) is 0.278. The fourth-order valence-electron chi connectivity index (χ4n) is 3.46. The lowest BCUT2D eigenvalue weighted by atomic mass is 9.93. The summed E-state index contributed by atoms with van der Waals surface area (Å²) < 4.78 is 38.3. The third-order valence-electron chi connectivity index (χ3n) is 4.94. The molecule has 0 saturated heterocycles. The number of rotatable bonds is 1. The number of carbonyl (C=O) groups excluding carboxylic acids is 1. The molecule has 2 aromatic rings. The van der Waals surface area contributed by atoms with E-state index < -0.39 is 17.2 Å². The van der Waals surface area contributed by atoms with E-state index in [9.17, 15) is 18.0 Å². The van der Waals surface area contributed by atoms with Gasteiger partial charge in [-0.3, -0.25) is 4.79 Å². The number of amides is 1. The van der Waals surface area contributed by atoms with Crippen LogP contribution in [0.25, 0.3) is 11.1 Å². The largest absolute Gasteiger partial charge is 0.416 e. The van der Waals surface area contributed by atoms with Gasteiger partial charge in [0.15, 0.2) is 0 Å². The minimum absolute atomic E-state index is 0.0484. The van der Waals surface area contributed by atoms with Gasteiger partial charge in [-0.25, -0.2) is 0 Å². The molecule has 1 aliphatic heterocycles. The van der Waals surface area contributed by atoms with Crippen LogP contribution >= 0.6 is 11.6 Å². The molecule has 2 aromatic carbocycles. The van der Waals surface area contributed by atoms with Crippen molar-refractivity contribution in [1.82, 2.24) is 0 Å². The standard InChI is InChI=1S/C18H13ClF3NO/c1-23-15-5-2-10(8-13(15)17(6-7-17)16(23)24)12-4-3-11(9-14(12)19)18(20,21)22/h2-5,8-9H,6-7H2,1H3. The van der Waals surface area contributed by atoms with Gasteiger partial charge in [-0.1, -0.05) is 23.7 Å². The number of carbonyl (C=O) groups is 1. The first kappa shape index (κ1) is 15.5. The second-order valence-electron chi connectivity index (χ2n) is 6.37. The van der Waals surface area contributed by atoms with Crippen LogP contribution in [-0.2, 0) is 16.4 Å². The maximum Gasteiger partial charge on any atom is 0.416 e. The molecule has 1 spiro atoms. The van der Waals surface area contributed by atoms with Crippen molar-refractivity contribution in [3.63, 3.8) is 0 Å². The molecule has 24 heavy (non-hydrogen) atoms. The average molecular weight is 352 g/mol. The van der Waals surface area contributed by atoms with Crippen molar-refractivity contribution in [2.24, 2.45) is 0 Å². The number of halogens is 4. The van der Waals surface area contributed by atoms with Gasteiger partial charge in [-0.05, 0) is 48.2 Å². The Morgan fingerprint density at radius 3 is 2.42 bits per heavy atom. The maximum absolute atomic E-state index is 12.8. The molecule has 124 valence electrons. The number of hydrogen-bond acceptors (Lipinski definition) is 1. The summed E-state index contributed by atoms with van der Waals surface area (Å²) in [6.07, 6.45) is -2.80. The Kier molecular flexibility index (Phi) is 3.08. The van der Waals surface area contributed by atoms with Crippen LogP contribution in [0.15, 0.2) is 36.4 Å². The van der Waals surface area contributed by atoms with Crippen LogP contribution in [0.2, 0.25) is 5.02 Å². The second-order valence-corrected chi connectivity index (χ2v) is 6.78. The molecular formula is C18H13ClF3NO. The molecule has 0 unspecified atom stereocenters. The van der Waals surface area contributed by atoms with Gasteiger partial charge in [0.05, 0.1) is 11.0 Å². The van der Waals surface area contributed by atoms with Crippen molar-refractivity contribution < 1.29 is 18.0 Å². The Morgan fingerprint density at radius 2 is 1.83 bits per heavy atom. The van der Waals surface area contributed by atoms with Gasteiger partial charge in [-0.15, -0.1) is 0 Å². The Balaban J connectivity index is 1.80. The van der Waals surface area contributed by atoms with Crippen molar-refractivity contribution in [3.05, 3.63) is 52.5 Å². The molecule has 0 radical (unpaired) electrons. The van der Waals surface area contributed by atoms with Crippen molar-refractivity contribution in [1.29, 1.82) is 0 Å². The summed E-state index contributed by atoms with van der Waals surface area (Å²) >= 11 is 6.09. The third kappa shape index (κ3) is 2.07. The molecule has 0 atom stereocenters. The average Bonchev–Trinajstić information content (AvgIpc) is 3.30. The van der Waals surface area contributed by atoms with Gasteiger partial charge in [0.25, 0.3) is 0 Å². The molecule has 1 aliphatic carbocycles. The van der Waals surface area contributed by atoms with E-state index in [1.165, 1.54) is 6.07 Å². The van der Waals surface area contributed by atoms with E-state index in [2.05, 4.69) is 0 Å². The number of likely N-dealkylation sites (N-methyl/N-ethyl adjacent to an activating group) is 1. The van der Waals surface area contributed by atoms with Gasteiger partial charge in [0, 0.05) is 23.3 Å². The highest BCUT2D eigenvalue weighted by molar-refractivity contribution is 6.33. The zero-order chi connectivity index (χ0) is 17.3. The molecule has 0 N–H and O–H groups in total. The van der Waals surface area contributed by atoms with Gasteiger partial charge in [0.1, 0.15) is 0 Å². The highest BCUT2D eigenvalue weighted by Crippen LogP contribution is 2.57. The molecule has 2 nitrogen and oxygen atoms in total. The summed E-state index contributed by atoms with van der Waals surface area (Å²) in [6.45, 7) is 0. The van der Waals surface area contributed by atoms with Gasteiger partial charge in [-0.2, -0.15) is 13.2 Å². The van der Waals surface area contributed by atoms with Crippen LogP contribution in [-0.4, -0.2) is 13.0 Å². The lowest BCUT2D eigenvalue weighted by Crippen LogP contribution is -2.27. The minimum atomic E-state index is -4.42. The lowest BCUT2D eigenvalue weighted by Gasteiger charge is -2.13. The molecule has 1 heterocycles. The molecule has 4 rings (SSSR count). The third-order valence-corrected chi connectivity index (χ3v) is 5.26. The van der Waals surface area contributed by atoms with Crippen LogP contribution in [0.1, 0.15) is 24.0 Å². The highest BCUT2D eigenvalue weighted by Gasteiger charge is 2.58. The molecular weight excluding hydrogens is 339 g/mol. The van der Waals surface area contributed by atoms with E-state index in [1.807, 2.05) is 12.1 Å². The van der Waals surface area contributed by atoms with Gasteiger partial charge >= 0.3 is 6.18 Å². The maximum atomic E-state index is 12.8. The van der Waals surface area contributed by atoms with Crippen molar-refractivity contribution >= 4 is 23.2 Å². The van der Waals surface area contributed by atoms with Crippen LogP contribution in [0.5, 0.6) is 0 Å². The summed E-state index contributed by atoms with van der Waals surface area (Å²) in [5.74, 6) is 0.0909. The predicted molar refractivity (Wildman–Crippen MR) is 86.2 cm³/mol. The number of anilines is 1. The van der Waals surface area contributed by atoms with Crippen molar-refractivity contribution in [3.8, 4) is 11.1 Å². The SMILES string of the molecule is CN1C(=O)C2(CC2)c2cc(-c3ccc(C(F)(F)F)cc3Cl)ccc21. The van der Waals surface area contributed by atoms with Crippen LogP contribution < -0.4 is 4.90 Å². The minimum Gasteiger partial charge on any atom is -0.314 e. The number of nitrogens with zero attached hydrogens (tertiary/aromatic N) is 1. The van der Waals surface area contributed by atoms with E-state index in [4.69, 9.17) is 11.6 Å². The number of alkyl halides is 3. The Bertz CT molecular complexity index is 871. The van der Waals surface area contributed by atoms with Crippen LogP contribution in [0, 0.1) is 0 Å². The van der Waals surface area contributed by atoms with Gasteiger partial charge < -0.3 is 4.90 Å². The topological polar surface area (TPSA) is 20.3 Å². The fourth-order valence-corrected chi connectivity index (χ4v) is 3.75. The monoisotopic (exact) mass is 351 g/mol.